The van der Waals surface area contributed by atoms with Crippen molar-refractivity contribution in [1.29, 1.82) is 0 Å². The molecule has 0 spiro atoms. The summed E-state index contributed by atoms with van der Waals surface area (Å²) in [6.45, 7) is 4.03. The molecule has 0 aliphatic carbocycles. The largest absolute Gasteiger partial charge is 0.334 e. The number of hydrogen-bond donors (Lipinski definition) is 1. The predicted molar refractivity (Wildman–Crippen MR) is 135 cm³/mol. The molecule has 6 rings (SSSR count). The fourth-order valence-electron chi connectivity index (χ4n) is 5.36. The van der Waals surface area contributed by atoms with Crippen molar-refractivity contribution in [2.24, 2.45) is 0 Å². The molecule has 0 unspecified atom stereocenters. The van der Waals surface area contributed by atoms with Crippen molar-refractivity contribution in [2.45, 2.75) is 31.7 Å². The Bertz CT molecular complexity index is 1470. The van der Waals surface area contributed by atoms with Gasteiger partial charge in [-0.15, -0.1) is 5.10 Å². The first-order chi connectivity index (χ1) is 17.5. The zero-order chi connectivity index (χ0) is 24.6. The molecule has 2 aromatic carbocycles. The summed E-state index contributed by atoms with van der Waals surface area (Å²) in [5.41, 5.74) is 2.30. The minimum absolute atomic E-state index is 0.0671. The summed E-state index contributed by atoms with van der Waals surface area (Å²) in [6, 6.07) is 13.4. The summed E-state index contributed by atoms with van der Waals surface area (Å²) < 4.78 is 15.2. The van der Waals surface area contributed by atoms with Crippen LogP contribution in [-0.2, 0) is 0 Å². The molecule has 1 atom stereocenters. The number of nitrogens with zero attached hydrogens (tertiary/aromatic N) is 5. The lowest BCUT2D eigenvalue weighted by Gasteiger charge is -2.28. The zero-order valence-electron chi connectivity index (χ0n) is 19.9. The van der Waals surface area contributed by atoms with Gasteiger partial charge < -0.3 is 14.8 Å². The summed E-state index contributed by atoms with van der Waals surface area (Å²) in [7, 11) is 0. The maximum absolute atomic E-state index is 13.6. The molecule has 184 valence electrons. The molecular weight excluding hydrogens is 459 g/mol. The number of rotatable bonds is 5. The van der Waals surface area contributed by atoms with Gasteiger partial charge in [0.25, 0.3) is 11.5 Å². The lowest BCUT2D eigenvalue weighted by atomic mass is 10.1. The van der Waals surface area contributed by atoms with Crippen molar-refractivity contribution < 1.29 is 9.18 Å². The maximum Gasteiger partial charge on any atom is 0.258 e. The van der Waals surface area contributed by atoms with Crippen LogP contribution < -0.4 is 5.56 Å². The van der Waals surface area contributed by atoms with Crippen molar-refractivity contribution in [3.63, 3.8) is 0 Å². The Kier molecular flexibility index (Phi) is 5.85. The molecule has 2 aliphatic rings. The number of carbonyl (C=O) groups is 1. The molecule has 0 radical (unpaired) electrons. The molecule has 36 heavy (non-hydrogen) atoms. The van der Waals surface area contributed by atoms with E-state index in [-0.39, 0.29) is 23.3 Å². The monoisotopic (exact) mass is 486 g/mol. The van der Waals surface area contributed by atoms with E-state index in [0.717, 1.165) is 44.7 Å². The molecular formula is C27H27FN6O2. The number of nitrogens with one attached hydrogen (secondary N) is 1. The molecule has 4 aromatic rings. The highest BCUT2D eigenvalue weighted by Crippen LogP contribution is 2.24. The van der Waals surface area contributed by atoms with Crippen LogP contribution in [0.1, 0.15) is 36.0 Å². The maximum atomic E-state index is 13.6. The van der Waals surface area contributed by atoms with Crippen LogP contribution in [0.5, 0.6) is 0 Å². The van der Waals surface area contributed by atoms with E-state index < -0.39 is 0 Å². The third kappa shape index (κ3) is 4.30. The Morgan fingerprint density at radius 2 is 1.83 bits per heavy atom. The lowest BCUT2D eigenvalue weighted by Crippen LogP contribution is -2.42. The van der Waals surface area contributed by atoms with Crippen molar-refractivity contribution in [3.05, 3.63) is 76.5 Å². The van der Waals surface area contributed by atoms with E-state index in [1.807, 2.05) is 29.2 Å². The minimum atomic E-state index is -0.380. The number of amides is 1. The third-order valence-electron chi connectivity index (χ3n) is 7.26. The van der Waals surface area contributed by atoms with Gasteiger partial charge in [-0.25, -0.2) is 9.07 Å². The number of fused-ring (bicyclic) bond motifs is 1. The average Bonchev–Trinajstić information content (AvgIpc) is 3.66. The Morgan fingerprint density at radius 1 is 1.03 bits per heavy atom. The number of hydrogen-bond acceptors (Lipinski definition) is 5. The number of pyridine rings is 1. The molecule has 0 saturated carbocycles. The number of carbonyl (C=O) groups excluding carboxylic acids is 1. The van der Waals surface area contributed by atoms with Crippen LogP contribution in [0.2, 0.25) is 0 Å². The Morgan fingerprint density at radius 3 is 2.64 bits per heavy atom. The van der Waals surface area contributed by atoms with E-state index in [2.05, 4.69) is 20.2 Å². The Labute approximate surface area is 207 Å². The highest BCUT2D eigenvalue weighted by molar-refractivity contribution is 5.94. The molecule has 1 N–H and O–H groups in total. The smallest absolute Gasteiger partial charge is 0.258 e. The summed E-state index contributed by atoms with van der Waals surface area (Å²) in [5, 5.41) is 8.89. The predicted octanol–water partition coefficient (Wildman–Crippen LogP) is 3.62. The van der Waals surface area contributed by atoms with Gasteiger partial charge in [0.2, 0.25) is 0 Å². The molecule has 2 aliphatic heterocycles. The van der Waals surface area contributed by atoms with E-state index in [1.54, 1.807) is 16.9 Å². The summed E-state index contributed by atoms with van der Waals surface area (Å²) in [6.07, 6.45) is 6.26. The van der Waals surface area contributed by atoms with Gasteiger partial charge in [-0.3, -0.25) is 9.59 Å². The van der Waals surface area contributed by atoms with Crippen molar-refractivity contribution >= 4 is 16.8 Å². The fraction of sp³-hybridized carbons (Fsp3) is 0.333. The van der Waals surface area contributed by atoms with Gasteiger partial charge in [-0.1, -0.05) is 5.21 Å². The first-order valence-electron chi connectivity index (χ1n) is 12.4. The highest BCUT2D eigenvalue weighted by atomic mass is 19.1. The molecule has 9 heteroatoms. The number of aromatic nitrogens is 4. The molecule has 0 bridgehead atoms. The molecule has 4 heterocycles. The van der Waals surface area contributed by atoms with Crippen LogP contribution in [0, 0.1) is 5.82 Å². The van der Waals surface area contributed by atoms with E-state index in [4.69, 9.17) is 0 Å². The number of benzene rings is 2. The zero-order valence-corrected chi connectivity index (χ0v) is 19.9. The fourth-order valence-corrected chi connectivity index (χ4v) is 5.36. The standard InChI is InChI=1S/C27H27FN6O2/c28-20-7-10-24-19(14-20)15-23(26(35)29-24)25-17-34(31-30-25)21-8-5-18(6-9-21)27(36)33-13-3-4-22(33)16-32-11-1-2-12-32/h5-10,14-15,17,22H,1-4,11-13,16H2,(H,29,35)/t22-/m1/s1. The minimum Gasteiger partial charge on any atom is -0.334 e. The van der Waals surface area contributed by atoms with E-state index in [0.29, 0.717) is 27.7 Å². The number of H-pyrrole nitrogens is 1. The van der Waals surface area contributed by atoms with Crippen LogP contribution in [0.15, 0.2) is 59.5 Å². The number of aromatic amines is 1. The van der Waals surface area contributed by atoms with Crippen LogP contribution in [0.3, 0.4) is 0 Å². The summed E-state index contributed by atoms with van der Waals surface area (Å²) >= 11 is 0. The second kappa shape index (κ2) is 9.31. The van der Waals surface area contributed by atoms with Gasteiger partial charge in [-0.05, 0) is 87.3 Å². The van der Waals surface area contributed by atoms with Gasteiger partial charge in [0.05, 0.1) is 17.4 Å². The first-order valence-corrected chi connectivity index (χ1v) is 12.4. The number of halogens is 1. The van der Waals surface area contributed by atoms with Gasteiger partial charge in [0, 0.05) is 35.6 Å². The lowest BCUT2D eigenvalue weighted by molar-refractivity contribution is 0.0709. The topological polar surface area (TPSA) is 87.1 Å². The van der Waals surface area contributed by atoms with Gasteiger partial charge in [0.15, 0.2) is 0 Å². The normalized spacial score (nSPS) is 18.4. The molecule has 2 fully saturated rings. The third-order valence-corrected chi connectivity index (χ3v) is 7.26. The van der Waals surface area contributed by atoms with E-state index >= 15 is 0 Å². The number of likely N-dealkylation sites (tertiary alicyclic amines) is 2. The molecule has 1 amide bonds. The second-order valence-electron chi connectivity index (χ2n) is 9.64. The van der Waals surface area contributed by atoms with Gasteiger partial charge in [-0.2, -0.15) is 0 Å². The highest BCUT2D eigenvalue weighted by Gasteiger charge is 2.31. The second-order valence-corrected chi connectivity index (χ2v) is 9.64. The Balaban J connectivity index is 1.20. The van der Waals surface area contributed by atoms with Crippen LogP contribution in [0.4, 0.5) is 4.39 Å². The quantitative estimate of drug-likeness (QED) is 0.466. The van der Waals surface area contributed by atoms with Gasteiger partial charge >= 0.3 is 0 Å². The van der Waals surface area contributed by atoms with Crippen molar-refractivity contribution in [2.75, 3.05) is 26.2 Å². The van der Waals surface area contributed by atoms with Crippen LogP contribution >= 0.6 is 0 Å². The SMILES string of the molecule is O=C(c1ccc(-n2cc(-c3cc4cc(F)ccc4[nH]c3=O)nn2)cc1)N1CCC[C@@H]1CN1CCCC1. The molecule has 2 aromatic heterocycles. The van der Waals surface area contributed by atoms with Gasteiger partial charge in [0.1, 0.15) is 11.5 Å². The van der Waals surface area contributed by atoms with Crippen molar-refractivity contribution in [1.82, 2.24) is 29.8 Å². The Hall–Kier alpha value is -3.85. The first kappa shape index (κ1) is 22.6. The van der Waals surface area contributed by atoms with E-state index in [1.165, 1.54) is 31.0 Å². The van der Waals surface area contributed by atoms with Crippen LogP contribution in [-0.4, -0.2) is 67.9 Å². The average molecular weight is 487 g/mol. The molecule has 8 nitrogen and oxygen atoms in total. The molecule has 2 saturated heterocycles. The summed E-state index contributed by atoms with van der Waals surface area (Å²) in [4.78, 5) is 33.1. The summed E-state index contributed by atoms with van der Waals surface area (Å²) in [5.74, 6) is -0.312. The van der Waals surface area contributed by atoms with E-state index in [9.17, 15) is 14.0 Å². The van der Waals surface area contributed by atoms with Crippen LogP contribution in [0.25, 0.3) is 27.8 Å². The van der Waals surface area contributed by atoms with Crippen molar-refractivity contribution in [3.8, 4) is 16.9 Å².